The second-order valence-electron chi connectivity index (χ2n) is 8.66. The normalized spacial score (nSPS) is 16.5. The van der Waals surface area contributed by atoms with Gasteiger partial charge in [-0.05, 0) is 63.5 Å². The summed E-state index contributed by atoms with van der Waals surface area (Å²) in [5.41, 5.74) is 1.65. The number of unbranched alkanes of at least 4 members (excludes halogenated alkanes) is 2. The predicted octanol–water partition coefficient (Wildman–Crippen LogP) is 5.14. The van der Waals surface area contributed by atoms with Gasteiger partial charge in [-0.15, -0.1) is 0 Å². The highest BCUT2D eigenvalue weighted by Crippen LogP contribution is 2.36. The molecular weight excluding hydrogens is 388 g/mol. The molecule has 0 spiro atoms. The van der Waals surface area contributed by atoms with E-state index in [-0.39, 0.29) is 11.8 Å². The Hall–Kier alpha value is -2.73. The Kier molecular flexibility index (Phi) is 6.97. The minimum Gasteiger partial charge on any atom is -0.319 e. The molecular formula is C25H32N4O2. The topological polar surface area (TPSA) is 65.5 Å². The summed E-state index contributed by atoms with van der Waals surface area (Å²) in [6, 6.07) is 11.5. The molecule has 1 aromatic heterocycles. The van der Waals surface area contributed by atoms with Gasteiger partial charge in [0.05, 0.1) is 16.9 Å². The molecule has 2 amide bonds. The molecule has 2 aliphatic rings. The maximum absolute atomic E-state index is 13.3. The Morgan fingerprint density at radius 1 is 1.10 bits per heavy atom. The van der Waals surface area contributed by atoms with Crippen molar-refractivity contribution in [3.63, 3.8) is 0 Å². The first-order valence-corrected chi connectivity index (χ1v) is 11.5. The van der Waals surface area contributed by atoms with Crippen LogP contribution in [0.2, 0.25) is 0 Å². The van der Waals surface area contributed by atoms with Crippen molar-refractivity contribution in [2.45, 2.75) is 63.8 Å². The van der Waals surface area contributed by atoms with Gasteiger partial charge in [0.25, 0.3) is 5.91 Å². The molecule has 31 heavy (non-hydrogen) atoms. The summed E-state index contributed by atoms with van der Waals surface area (Å²) in [5.74, 6) is 0.248. The van der Waals surface area contributed by atoms with Crippen LogP contribution < -0.4 is 10.2 Å². The molecule has 0 unspecified atom stereocenters. The van der Waals surface area contributed by atoms with E-state index >= 15 is 0 Å². The van der Waals surface area contributed by atoms with Crippen molar-refractivity contribution in [1.82, 2.24) is 9.88 Å². The van der Waals surface area contributed by atoms with E-state index in [0.717, 1.165) is 31.8 Å². The Labute approximate surface area is 184 Å². The van der Waals surface area contributed by atoms with Gasteiger partial charge >= 0.3 is 0 Å². The van der Waals surface area contributed by atoms with Gasteiger partial charge in [-0.25, -0.2) is 4.98 Å². The maximum atomic E-state index is 13.3. The van der Waals surface area contributed by atoms with Crippen LogP contribution in [0.1, 0.15) is 68.1 Å². The van der Waals surface area contributed by atoms with Crippen LogP contribution in [0.15, 0.2) is 42.6 Å². The SMILES string of the molecule is CN(CCCCCC(=O)N1c2ccccc2C(=O)Nc2cccnc21)C1CCCCC1. The lowest BCUT2D eigenvalue weighted by molar-refractivity contribution is -0.118. The maximum Gasteiger partial charge on any atom is 0.257 e. The van der Waals surface area contributed by atoms with E-state index in [0.29, 0.717) is 29.2 Å². The number of fused-ring (bicyclic) bond motifs is 2. The van der Waals surface area contributed by atoms with E-state index in [1.807, 2.05) is 18.2 Å². The molecule has 0 radical (unpaired) electrons. The fourth-order valence-corrected chi connectivity index (χ4v) is 4.72. The molecule has 2 aromatic rings. The average Bonchev–Trinajstić information content (AvgIpc) is 2.93. The number of aromatic nitrogens is 1. The van der Waals surface area contributed by atoms with Crippen molar-refractivity contribution in [1.29, 1.82) is 0 Å². The van der Waals surface area contributed by atoms with E-state index in [4.69, 9.17) is 0 Å². The van der Waals surface area contributed by atoms with Crippen molar-refractivity contribution in [3.05, 3.63) is 48.2 Å². The van der Waals surface area contributed by atoms with Gasteiger partial charge in [-0.3, -0.25) is 14.5 Å². The lowest BCUT2D eigenvalue weighted by atomic mass is 9.94. The smallest absolute Gasteiger partial charge is 0.257 e. The fraction of sp³-hybridized carbons (Fsp3) is 0.480. The van der Waals surface area contributed by atoms with Crippen LogP contribution in [-0.4, -0.2) is 41.3 Å². The standard InChI is InChI=1S/C25H32N4O2/c1-28(19-11-4-2-5-12-19)18-9-3-6-16-23(30)29-22-15-8-7-13-20(22)25(31)27-21-14-10-17-26-24(21)29/h7-8,10,13-15,17,19H,2-6,9,11-12,16,18H2,1H3,(H,27,31). The molecule has 1 aliphatic carbocycles. The zero-order valence-corrected chi connectivity index (χ0v) is 18.3. The van der Waals surface area contributed by atoms with E-state index in [2.05, 4.69) is 22.2 Å². The molecule has 1 saturated carbocycles. The number of para-hydroxylation sites is 1. The Morgan fingerprint density at radius 3 is 2.74 bits per heavy atom. The molecule has 1 fully saturated rings. The van der Waals surface area contributed by atoms with E-state index in [1.54, 1.807) is 29.3 Å². The first-order chi connectivity index (χ1) is 15.1. The van der Waals surface area contributed by atoms with Gasteiger partial charge in [0.15, 0.2) is 5.82 Å². The van der Waals surface area contributed by atoms with Crippen LogP contribution in [0.5, 0.6) is 0 Å². The minimum atomic E-state index is -0.217. The van der Waals surface area contributed by atoms with Crippen LogP contribution in [0, 0.1) is 0 Å². The van der Waals surface area contributed by atoms with Gasteiger partial charge in [0.1, 0.15) is 0 Å². The fourth-order valence-electron chi connectivity index (χ4n) is 4.72. The van der Waals surface area contributed by atoms with E-state index in [1.165, 1.54) is 32.1 Å². The number of anilines is 3. The summed E-state index contributed by atoms with van der Waals surface area (Å²) < 4.78 is 0. The van der Waals surface area contributed by atoms with Gasteiger partial charge in [0.2, 0.25) is 5.91 Å². The van der Waals surface area contributed by atoms with Crippen LogP contribution in [0.4, 0.5) is 17.2 Å². The second kappa shape index (κ2) is 10.1. The summed E-state index contributed by atoms with van der Waals surface area (Å²) >= 11 is 0. The Morgan fingerprint density at radius 2 is 1.90 bits per heavy atom. The molecule has 1 aromatic carbocycles. The first kappa shape index (κ1) is 21.5. The average molecular weight is 421 g/mol. The van der Waals surface area contributed by atoms with Crippen molar-refractivity contribution < 1.29 is 9.59 Å². The lowest BCUT2D eigenvalue weighted by Gasteiger charge is -2.31. The quantitative estimate of drug-likeness (QED) is 0.630. The summed E-state index contributed by atoms with van der Waals surface area (Å²) in [6.45, 7) is 1.09. The van der Waals surface area contributed by atoms with Gasteiger partial charge in [0, 0.05) is 18.7 Å². The monoisotopic (exact) mass is 420 g/mol. The van der Waals surface area contributed by atoms with Crippen LogP contribution >= 0.6 is 0 Å². The number of carbonyl (C=O) groups is 2. The first-order valence-electron chi connectivity index (χ1n) is 11.5. The van der Waals surface area contributed by atoms with E-state index in [9.17, 15) is 9.59 Å². The molecule has 0 atom stereocenters. The lowest BCUT2D eigenvalue weighted by Crippen LogP contribution is -2.34. The Bertz CT molecular complexity index is 923. The predicted molar refractivity (Wildman–Crippen MR) is 124 cm³/mol. The number of carbonyl (C=O) groups excluding carboxylic acids is 2. The van der Waals surface area contributed by atoms with Crippen molar-refractivity contribution in [3.8, 4) is 0 Å². The molecule has 0 saturated heterocycles. The highest BCUT2D eigenvalue weighted by molar-refractivity contribution is 6.17. The summed E-state index contributed by atoms with van der Waals surface area (Å²) in [5, 5.41) is 2.88. The molecule has 4 rings (SSSR count). The number of nitrogens with one attached hydrogen (secondary N) is 1. The van der Waals surface area contributed by atoms with Crippen LogP contribution in [0.3, 0.4) is 0 Å². The summed E-state index contributed by atoms with van der Waals surface area (Å²) in [4.78, 5) is 34.4. The zero-order valence-electron chi connectivity index (χ0n) is 18.3. The second-order valence-corrected chi connectivity index (χ2v) is 8.66. The summed E-state index contributed by atoms with van der Waals surface area (Å²) in [6.07, 6.45) is 11.8. The summed E-state index contributed by atoms with van der Waals surface area (Å²) in [7, 11) is 2.24. The number of hydrogen-bond acceptors (Lipinski definition) is 4. The molecule has 1 aliphatic heterocycles. The molecule has 2 heterocycles. The highest BCUT2D eigenvalue weighted by Gasteiger charge is 2.29. The number of benzene rings is 1. The molecule has 1 N–H and O–H groups in total. The third-order valence-corrected chi connectivity index (χ3v) is 6.49. The molecule has 164 valence electrons. The van der Waals surface area contributed by atoms with Gasteiger partial charge in [-0.1, -0.05) is 37.8 Å². The number of pyridine rings is 1. The van der Waals surface area contributed by atoms with E-state index < -0.39 is 0 Å². The van der Waals surface area contributed by atoms with Gasteiger partial charge < -0.3 is 10.2 Å². The number of nitrogens with zero attached hydrogens (tertiary/aromatic N) is 3. The van der Waals surface area contributed by atoms with Crippen molar-refractivity contribution in [2.75, 3.05) is 23.8 Å². The molecule has 6 nitrogen and oxygen atoms in total. The highest BCUT2D eigenvalue weighted by atomic mass is 16.2. The number of hydrogen-bond donors (Lipinski definition) is 1. The van der Waals surface area contributed by atoms with Crippen LogP contribution in [0.25, 0.3) is 0 Å². The third-order valence-electron chi connectivity index (χ3n) is 6.49. The zero-order chi connectivity index (χ0) is 21.6. The number of amides is 2. The molecule has 6 heteroatoms. The van der Waals surface area contributed by atoms with Gasteiger partial charge in [-0.2, -0.15) is 0 Å². The van der Waals surface area contributed by atoms with Crippen molar-refractivity contribution >= 4 is 29.0 Å². The Balaban J connectivity index is 1.38. The largest absolute Gasteiger partial charge is 0.319 e. The minimum absolute atomic E-state index is 0.0236. The van der Waals surface area contributed by atoms with Crippen molar-refractivity contribution in [2.24, 2.45) is 0 Å². The van der Waals surface area contributed by atoms with Crippen LogP contribution in [-0.2, 0) is 4.79 Å². The third kappa shape index (κ3) is 4.96. The number of rotatable bonds is 7. The molecule has 0 bridgehead atoms.